The van der Waals surface area contributed by atoms with Gasteiger partial charge in [0.2, 0.25) is 0 Å². The third-order valence-corrected chi connectivity index (χ3v) is 6.09. The Kier molecular flexibility index (Phi) is 10.4. The lowest BCUT2D eigenvalue weighted by molar-refractivity contribution is 0.0929. The minimum atomic E-state index is -0.0735. The van der Waals surface area contributed by atoms with E-state index in [2.05, 4.69) is 31.0 Å². The normalized spacial score (nSPS) is 12.1. The summed E-state index contributed by atoms with van der Waals surface area (Å²) in [4.78, 5) is 15.9. The molecule has 0 spiro atoms. The lowest BCUT2D eigenvalue weighted by Gasteiger charge is -2.26. The number of nitrogens with zero attached hydrogens (tertiary/aromatic N) is 3. The molecule has 1 amide bonds. The molecule has 0 saturated carbocycles. The van der Waals surface area contributed by atoms with Gasteiger partial charge in [-0.25, -0.2) is 4.68 Å². The number of rotatable bonds is 14. The maximum atomic E-state index is 13.4. The van der Waals surface area contributed by atoms with E-state index in [1.54, 1.807) is 4.68 Å². The van der Waals surface area contributed by atoms with Crippen molar-refractivity contribution in [3.63, 3.8) is 0 Å². The van der Waals surface area contributed by atoms with Crippen molar-refractivity contribution in [2.24, 2.45) is 0 Å². The highest BCUT2D eigenvalue weighted by Crippen LogP contribution is 2.23. The molecule has 1 N–H and O–H groups in total. The van der Waals surface area contributed by atoms with Crippen LogP contribution in [0.15, 0.2) is 66.9 Å². The standard InChI is InChI=1S/C29H40N4O/c1-4-6-14-20-32(21-15-7-5-2)22-24(3)30-29(34)27-23-33(26-18-12-9-13-19-26)31-28(27)25-16-10-8-11-17-25/h8-13,16-19,23-24H,4-7,14-15,20-22H2,1-3H3,(H,30,34). The summed E-state index contributed by atoms with van der Waals surface area (Å²) < 4.78 is 1.80. The highest BCUT2D eigenvalue weighted by atomic mass is 16.1. The number of hydrogen-bond acceptors (Lipinski definition) is 3. The summed E-state index contributed by atoms with van der Waals surface area (Å²) in [5, 5.41) is 8.03. The lowest BCUT2D eigenvalue weighted by Crippen LogP contribution is -2.42. The average Bonchev–Trinajstić information content (AvgIpc) is 3.31. The molecule has 34 heavy (non-hydrogen) atoms. The molecule has 1 atom stereocenters. The summed E-state index contributed by atoms with van der Waals surface area (Å²) in [6.45, 7) is 9.65. The zero-order chi connectivity index (χ0) is 24.2. The number of carbonyl (C=O) groups excluding carboxylic acids is 1. The second-order valence-electron chi connectivity index (χ2n) is 9.13. The van der Waals surface area contributed by atoms with Gasteiger partial charge in [0, 0.05) is 24.3 Å². The van der Waals surface area contributed by atoms with Gasteiger partial charge in [0.05, 0.1) is 11.3 Å². The van der Waals surface area contributed by atoms with Crippen LogP contribution in [0.1, 0.15) is 69.7 Å². The van der Waals surface area contributed by atoms with E-state index in [-0.39, 0.29) is 11.9 Å². The molecule has 3 aromatic rings. The van der Waals surface area contributed by atoms with Crippen molar-refractivity contribution >= 4 is 5.91 Å². The Bertz CT molecular complexity index is 974. The number of hydrogen-bond donors (Lipinski definition) is 1. The molecule has 1 heterocycles. The van der Waals surface area contributed by atoms with Gasteiger partial charge in [-0.1, -0.05) is 88.1 Å². The molecule has 0 aliphatic rings. The number of benzene rings is 2. The summed E-state index contributed by atoms with van der Waals surface area (Å²) >= 11 is 0. The molecule has 1 aromatic heterocycles. The molecular formula is C29H40N4O. The van der Waals surface area contributed by atoms with Gasteiger partial charge in [0.1, 0.15) is 5.69 Å². The topological polar surface area (TPSA) is 50.2 Å². The highest BCUT2D eigenvalue weighted by molar-refractivity contribution is 6.00. The molecule has 5 nitrogen and oxygen atoms in total. The van der Waals surface area contributed by atoms with E-state index in [4.69, 9.17) is 5.10 Å². The molecule has 182 valence electrons. The second-order valence-corrected chi connectivity index (χ2v) is 9.13. The van der Waals surface area contributed by atoms with Crippen molar-refractivity contribution < 1.29 is 4.79 Å². The fourth-order valence-electron chi connectivity index (χ4n) is 4.26. The fraction of sp³-hybridized carbons (Fsp3) is 0.448. The molecule has 2 aromatic carbocycles. The van der Waals surface area contributed by atoms with Crippen LogP contribution in [0.4, 0.5) is 0 Å². The molecule has 0 aliphatic heterocycles. The zero-order valence-corrected chi connectivity index (χ0v) is 21.0. The van der Waals surface area contributed by atoms with Crippen LogP contribution in [0.5, 0.6) is 0 Å². The molecule has 0 fully saturated rings. The van der Waals surface area contributed by atoms with Gasteiger partial charge in [-0.2, -0.15) is 5.10 Å². The van der Waals surface area contributed by atoms with Crippen molar-refractivity contribution in [1.82, 2.24) is 20.0 Å². The number of aromatic nitrogens is 2. The van der Waals surface area contributed by atoms with Gasteiger partial charge in [-0.3, -0.25) is 4.79 Å². The summed E-state index contributed by atoms with van der Waals surface area (Å²) in [5.74, 6) is -0.0735. The largest absolute Gasteiger partial charge is 0.348 e. The van der Waals surface area contributed by atoms with E-state index >= 15 is 0 Å². The highest BCUT2D eigenvalue weighted by Gasteiger charge is 2.21. The third kappa shape index (κ3) is 7.56. The Morgan fingerprint density at radius 1 is 0.912 bits per heavy atom. The molecule has 0 saturated heterocycles. The Morgan fingerprint density at radius 2 is 1.50 bits per heavy atom. The molecule has 0 radical (unpaired) electrons. The molecule has 0 bridgehead atoms. The van der Waals surface area contributed by atoms with Gasteiger partial charge in [0.15, 0.2) is 0 Å². The number of carbonyl (C=O) groups is 1. The Morgan fingerprint density at radius 3 is 2.09 bits per heavy atom. The smallest absolute Gasteiger partial charge is 0.255 e. The Balaban J connectivity index is 1.75. The predicted molar refractivity (Wildman–Crippen MR) is 141 cm³/mol. The SMILES string of the molecule is CCCCCN(CCCCC)CC(C)NC(=O)c1cn(-c2ccccc2)nc1-c1ccccc1. The maximum absolute atomic E-state index is 13.4. The summed E-state index contributed by atoms with van der Waals surface area (Å²) in [6.07, 6.45) is 9.23. The Hall–Kier alpha value is -2.92. The third-order valence-electron chi connectivity index (χ3n) is 6.09. The van der Waals surface area contributed by atoms with Gasteiger partial charge in [0.25, 0.3) is 5.91 Å². The van der Waals surface area contributed by atoms with E-state index in [0.717, 1.165) is 30.9 Å². The molecule has 5 heteroatoms. The van der Waals surface area contributed by atoms with Crippen molar-refractivity contribution in [2.75, 3.05) is 19.6 Å². The van der Waals surface area contributed by atoms with E-state index in [9.17, 15) is 4.79 Å². The van der Waals surface area contributed by atoms with Crippen molar-refractivity contribution in [3.8, 4) is 16.9 Å². The fourth-order valence-corrected chi connectivity index (χ4v) is 4.26. The first-order valence-corrected chi connectivity index (χ1v) is 12.9. The van der Waals surface area contributed by atoms with Gasteiger partial charge in [-0.05, 0) is 45.0 Å². The van der Waals surface area contributed by atoms with E-state index in [1.165, 1.54) is 38.5 Å². The van der Waals surface area contributed by atoms with E-state index < -0.39 is 0 Å². The van der Waals surface area contributed by atoms with Crippen molar-refractivity contribution in [1.29, 1.82) is 0 Å². The van der Waals surface area contributed by atoms with Crippen LogP contribution in [-0.4, -0.2) is 46.3 Å². The lowest BCUT2D eigenvalue weighted by atomic mass is 10.1. The summed E-state index contributed by atoms with van der Waals surface area (Å²) in [6, 6.07) is 19.9. The zero-order valence-electron chi connectivity index (χ0n) is 21.0. The van der Waals surface area contributed by atoms with Crippen LogP contribution in [-0.2, 0) is 0 Å². The first kappa shape index (κ1) is 25.7. The number of amides is 1. The predicted octanol–water partition coefficient (Wildman–Crippen LogP) is 6.34. The van der Waals surface area contributed by atoms with Crippen LogP contribution < -0.4 is 5.32 Å². The quantitative estimate of drug-likeness (QED) is 0.286. The molecule has 1 unspecified atom stereocenters. The van der Waals surface area contributed by atoms with Crippen LogP contribution in [0.25, 0.3) is 16.9 Å². The Labute approximate surface area is 205 Å². The van der Waals surface area contributed by atoms with Gasteiger partial charge < -0.3 is 10.2 Å². The minimum absolute atomic E-state index is 0.0550. The van der Waals surface area contributed by atoms with Crippen LogP contribution in [0, 0.1) is 0 Å². The molecule has 3 rings (SSSR count). The first-order valence-electron chi connectivity index (χ1n) is 12.9. The van der Waals surface area contributed by atoms with Crippen LogP contribution in [0.2, 0.25) is 0 Å². The summed E-state index contributed by atoms with van der Waals surface area (Å²) in [5.41, 5.74) is 3.18. The molecule has 0 aliphatic carbocycles. The minimum Gasteiger partial charge on any atom is -0.348 e. The van der Waals surface area contributed by atoms with E-state index in [0.29, 0.717) is 11.3 Å². The van der Waals surface area contributed by atoms with Crippen molar-refractivity contribution in [3.05, 3.63) is 72.4 Å². The second kappa shape index (κ2) is 13.7. The van der Waals surface area contributed by atoms with Crippen LogP contribution >= 0.6 is 0 Å². The number of para-hydroxylation sites is 1. The number of unbranched alkanes of at least 4 members (excludes halogenated alkanes) is 4. The summed E-state index contributed by atoms with van der Waals surface area (Å²) in [7, 11) is 0. The van der Waals surface area contributed by atoms with Crippen LogP contribution in [0.3, 0.4) is 0 Å². The van der Waals surface area contributed by atoms with E-state index in [1.807, 2.05) is 66.9 Å². The molecular weight excluding hydrogens is 420 g/mol. The van der Waals surface area contributed by atoms with Gasteiger partial charge >= 0.3 is 0 Å². The average molecular weight is 461 g/mol. The van der Waals surface area contributed by atoms with Crippen molar-refractivity contribution in [2.45, 2.75) is 65.3 Å². The van der Waals surface area contributed by atoms with Gasteiger partial charge in [-0.15, -0.1) is 0 Å². The monoisotopic (exact) mass is 460 g/mol. The maximum Gasteiger partial charge on any atom is 0.255 e. The first-order chi connectivity index (χ1) is 16.6. The number of nitrogens with one attached hydrogen (secondary N) is 1.